The Kier molecular flexibility index (Phi) is 6.76. The van der Waals surface area contributed by atoms with Crippen LogP contribution in [0.1, 0.15) is 45.8 Å². The Morgan fingerprint density at radius 2 is 1.58 bits per heavy atom. The minimum Gasteiger partial charge on any atom is -0.348 e. The number of carbonyl (C=O) groups excluding carboxylic acids is 1. The van der Waals surface area contributed by atoms with Crippen LogP contribution in [0, 0.1) is 11.3 Å². The van der Waals surface area contributed by atoms with Gasteiger partial charge in [-0.1, -0.05) is 72.8 Å². The van der Waals surface area contributed by atoms with E-state index < -0.39 is 0 Å². The number of nitrogens with zero attached hydrogens (tertiary/aromatic N) is 2. The Labute approximate surface area is 184 Å². The van der Waals surface area contributed by atoms with Crippen LogP contribution in [-0.4, -0.2) is 36.5 Å². The summed E-state index contributed by atoms with van der Waals surface area (Å²) in [5.74, 6) is 0.203. The molecule has 1 unspecified atom stereocenters. The van der Waals surface area contributed by atoms with Crippen LogP contribution < -0.4 is 5.32 Å². The summed E-state index contributed by atoms with van der Waals surface area (Å²) in [5.41, 5.74) is 3.55. The predicted octanol–water partition coefficient (Wildman–Crippen LogP) is 4.58. The first-order valence-corrected chi connectivity index (χ1v) is 10.9. The van der Waals surface area contributed by atoms with E-state index in [1.165, 1.54) is 11.1 Å². The third-order valence-corrected chi connectivity index (χ3v) is 6.04. The lowest BCUT2D eigenvalue weighted by atomic mass is 9.88. The average molecular weight is 410 g/mol. The van der Waals surface area contributed by atoms with E-state index in [1.807, 2.05) is 0 Å². The molecular formula is C27H27N3O. The van der Waals surface area contributed by atoms with Crippen molar-refractivity contribution in [3.8, 4) is 6.07 Å². The van der Waals surface area contributed by atoms with Gasteiger partial charge in [-0.15, -0.1) is 0 Å². The summed E-state index contributed by atoms with van der Waals surface area (Å²) < 4.78 is 0. The zero-order valence-electron chi connectivity index (χ0n) is 17.6. The van der Waals surface area contributed by atoms with Crippen molar-refractivity contribution in [1.29, 1.82) is 5.26 Å². The van der Waals surface area contributed by atoms with Gasteiger partial charge in [-0.3, -0.25) is 4.79 Å². The van der Waals surface area contributed by atoms with Crippen molar-refractivity contribution in [3.05, 3.63) is 107 Å². The third kappa shape index (κ3) is 5.20. The zero-order chi connectivity index (χ0) is 21.5. The van der Waals surface area contributed by atoms with Gasteiger partial charge < -0.3 is 10.2 Å². The molecule has 1 fully saturated rings. The Hall–Kier alpha value is -3.42. The summed E-state index contributed by atoms with van der Waals surface area (Å²) in [6.07, 6.45) is 1.97. The van der Waals surface area contributed by atoms with Gasteiger partial charge in [0, 0.05) is 25.0 Å². The van der Waals surface area contributed by atoms with Crippen molar-refractivity contribution >= 4 is 5.91 Å². The molecule has 0 bridgehead atoms. The van der Waals surface area contributed by atoms with Crippen LogP contribution in [0.2, 0.25) is 0 Å². The lowest BCUT2D eigenvalue weighted by molar-refractivity contribution is 0.0937. The predicted molar refractivity (Wildman–Crippen MR) is 123 cm³/mol. The average Bonchev–Trinajstić information content (AvgIpc) is 3.27. The van der Waals surface area contributed by atoms with Crippen molar-refractivity contribution in [2.45, 2.75) is 24.8 Å². The van der Waals surface area contributed by atoms with E-state index in [0.717, 1.165) is 32.5 Å². The Balaban J connectivity index is 1.36. The van der Waals surface area contributed by atoms with Crippen LogP contribution >= 0.6 is 0 Å². The monoisotopic (exact) mass is 409 g/mol. The maximum Gasteiger partial charge on any atom is 0.252 e. The van der Waals surface area contributed by atoms with Gasteiger partial charge in [-0.05, 0) is 42.6 Å². The molecular weight excluding hydrogens is 382 g/mol. The minimum atomic E-state index is -0.157. The van der Waals surface area contributed by atoms with E-state index in [4.69, 9.17) is 0 Å². The van der Waals surface area contributed by atoms with Gasteiger partial charge >= 0.3 is 0 Å². The fourth-order valence-electron chi connectivity index (χ4n) is 4.40. The highest BCUT2D eigenvalue weighted by molar-refractivity contribution is 5.96. The van der Waals surface area contributed by atoms with Gasteiger partial charge in [0.25, 0.3) is 5.91 Å². The van der Waals surface area contributed by atoms with Gasteiger partial charge in [0.1, 0.15) is 0 Å². The second kappa shape index (κ2) is 10.1. The molecule has 3 aromatic carbocycles. The fourth-order valence-corrected chi connectivity index (χ4v) is 4.40. The molecule has 1 atom stereocenters. The van der Waals surface area contributed by atoms with Gasteiger partial charge in [0.2, 0.25) is 0 Å². The van der Waals surface area contributed by atoms with Gasteiger partial charge in [-0.25, -0.2) is 0 Å². The van der Waals surface area contributed by atoms with Crippen LogP contribution in [0.5, 0.6) is 0 Å². The molecule has 0 radical (unpaired) electrons. The minimum absolute atomic E-state index is 0.117. The van der Waals surface area contributed by atoms with Crippen LogP contribution in [-0.2, 0) is 0 Å². The molecule has 4 nitrogen and oxygen atoms in total. The smallest absolute Gasteiger partial charge is 0.252 e. The number of rotatable bonds is 7. The van der Waals surface area contributed by atoms with Gasteiger partial charge in [0.05, 0.1) is 17.2 Å². The lowest BCUT2D eigenvalue weighted by Crippen LogP contribution is -2.37. The summed E-state index contributed by atoms with van der Waals surface area (Å²) in [6.45, 7) is 2.80. The highest BCUT2D eigenvalue weighted by atomic mass is 16.1. The first kappa shape index (κ1) is 20.8. The number of likely N-dealkylation sites (tertiary alicyclic amines) is 1. The summed E-state index contributed by atoms with van der Waals surface area (Å²) in [5, 5.41) is 12.4. The van der Waals surface area contributed by atoms with Crippen molar-refractivity contribution in [3.63, 3.8) is 0 Å². The zero-order valence-corrected chi connectivity index (χ0v) is 17.6. The summed E-state index contributed by atoms with van der Waals surface area (Å²) in [6, 6.07) is 30.5. The maximum atomic E-state index is 12.6. The first-order chi connectivity index (χ1) is 15.2. The summed E-state index contributed by atoms with van der Waals surface area (Å²) in [4.78, 5) is 15.1. The number of nitrogens with one attached hydrogen (secondary N) is 1. The molecule has 1 amide bonds. The molecule has 1 aliphatic heterocycles. The van der Waals surface area contributed by atoms with Crippen LogP contribution in [0.4, 0.5) is 0 Å². The van der Waals surface area contributed by atoms with E-state index in [-0.39, 0.29) is 11.9 Å². The fraction of sp³-hybridized carbons (Fsp3) is 0.259. The van der Waals surface area contributed by atoms with Crippen molar-refractivity contribution < 1.29 is 4.79 Å². The molecule has 0 saturated carbocycles. The van der Waals surface area contributed by atoms with Crippen molar-refractivity contribution in [2.75, 3.05) is 19.6 Å². The SMILES string of the molecule is N#Cc1ccccc1C(=O)NC1CCN(CCC(c2ccccc2)c2ccccc2)C1. The number of hydrogen-bond acceptors (Lipinski definition) is 3. The number of nitriles is 1. The van der Waals surface area contributed by atoms with Gasteiger partial charge in [-0.2, -0.15) is 5.26 Å². The van der Waals surface area contributed by atoms with E-state index in [2.05, 4.69) is 76.9 Å². The molecule has 1 saturated heterocycles. The third-order valence-electron chi connectivity index (χ3n) is 6.04. The normalized spacial score (nSPS) is 16.2. The molecule has 1 N–H and O–H groups in total. The molecule has 1 aliphatic rings. The highest BCUT2D eigenvalue weighted by Gasteiger charge is 2.26. The van der Waals surface area contributed by atoms with Crippen molar-refractivity contribution in [1.82, 2.24) is 10.2 Å². The summed E-state index contributed by atoms with van der Waals surface area (Å²) >= 11 is 0. The number of hydrogen-bond donors (Lipinski definition) is 1. The highest BCUT2D eigenvalue weighted by Crippen LogP contribution is 2.28. The Morgan fingerprint density at radius 1 is 0.968 bits per heavy atom. The maximum absolute atomic E-state index is 12.6. The quantitative estimate of drug-likeness (QED) is 0.621. The van der Waals surface area contributed by atoms with E-state index >= 15 is 0 Å². The van der Waals surface area contributed by atoms with E-state index in [1.54, 1.807) is 24.3 Å². The molecule has 31 heavy (non-hydrogen) atoms. The first-order valence-electron chi connectivity index (χ1n) is 10.9. The second-order valence-electron chi connectivity index (χ2n) is 8.08. The molecule has 4 heteroatoms. The molecule has 3 aromatic rings. The van der Waals surface area contributed by atoms with Crippen LogP contribution in [0.3, 0.4) is 0 Å². The van der Waals surface area contributed by atoms with Crippen LogP contribution in [0.25, 0.3) is 0 Å². The Morgan fingerprint density at radius 3 is 2.23 bits per heavy atom. The second-order valence-corrected chi connectivity index (χ2v) is 8.08. The summed E-state index contributed by atoms with van der Waals surface area (Å²) in [7, 11) is 0. The lowest BCUT2D eigenvalue weighted by Gasteiger charge is -2.22. The van der Waals surface area contributed by atoms with Crippen molar-refractivity contribution in [2.24, 2.45) is 0 Å². The molecule has 1 heterocycles. The largest absolute Gasteiger partial charge is 0.348 e. The van der Waals surface area contributed by atoms with Gasteiger partial charge in [0.15, 0.2) is 0 Å². The molecule has 0 spiro atoms. The standard InChI is InChI=1S/C27H27N3O/c28-19-23-13-7-8-14-26(23)27(31)29-24-15-17-30(20-24)18-16-25(21-9-3-1-4-10-21)22-11-5-2-6-12-22/h1-14,24-25H,15-18,20H2,(H,29,31). The number of carbonyl (C=O) groups is 1. The molecule has 156 valence electrons. The molecule has 0 aromatic heterocycles. The molecule has 0 aliphatic carbocycles. The number of amides is 1. The van der Waals surface area contributed by atoms with E-state index in [0.29, 0.717) is 17.0 Å². The topological polar surface area (TPSA) is 56.1 Å². The Bertz CT molecular complexity index is 1000. The van der Waals surface area contributed by atoms with E-state index in [9.17, 15) is 10.1 Å². The van der Waals surface area contributed by atoms with Crippen LogP contribution in [0.15, 0.2) is 84.9 Å². The number of benzene rings is 3. The molecule has 4 rings (SSSR count).